The van der Waals surface area contributed by atoms with Gasteiger partial charge in [0.1, 0.15) is 0 Å². The summed E-state index contributed by atoms with van der Waals surface area (Å²) in [6.45, 7) is 0.0837. The zero-order valence-electron chi connectivity index (χ0n) is 14.7. The molecule has 0 saturated carbocycles. The van der Waals surface area contributed by atoms with Gasteiger partial charge < -0.3 is 24.7 Å². The number of oxazole rings is 1. The number of benzene rings is 2. The summed E-state index contributed by atoms with van der Waals surface area (Å²) in [5.41, 5.74) is 1.74. The lowest BCUT2D eigenvalue weighted by molar-refractivity contribution is 0.0941. The van der Waals surface area contributed by atoms with Crippen molar-refractivity contribution in [1.29, 1.82) is 0 Å². The molecular formula is C19H20N2O6. The van der Waals surface area contributed by atoms with E-state index >= 15 is 0 Å². The number of fused-ring (bicyclic) bond motifs is 1. The highest BCUT2D eigenvalue weighted by molar-refractivity contribution is 6.04. The Labute approximate surface area is 154 Å². The van der Waals surface area contributed by atoms with Crippen LogP contribution >= 0.6 is 0 Å². The van der Waals surface area contributed by atoms with Crippen LogP contribution in [0.15, 0.2) is 45.6 Å². The van der Waals surface area contributed by atoms with Crippen molar-refractivity contribution in [1.82, 2.24) is 10.3 Å². The minimum atomic E-state index is -0.627. The monoisotopic (exact) mass is 372 g/mol. The number of carbonyl (C=O) groups excluding carboxylic acids is 1. The second-order valence-electron chi connectivity index (χ2n) is 6.16. The van der Waals surface area contributed by atoms with E-state index in [2.05, 4.69) is 10.3 Å². The molecule has 3 rings (SSSR count). The lowest BCUT2D eigenvalue weighted by Gasteiger charge is -2.16. The molecule has 8 heteroatoms. The molecule has 0 radical (unpaired) electrons. The van der Waals surface area contributed by atoms with Gasteiger partial charge in [-0.25, -0.2) is 4.79 Å². The first-order chi connectivity index (χ1) is 13.0. The summed E-state index contributed by atoms with van der Waals surface area (Å²) < 4.78 is 9.96. The van der Waals surface area contributed by atoms with Crippen LogP contribution in [0.2, 0.25) is 0 Å². The number of ether oxygens (including phenoxy) is 1. The first-order valence-corrected chi connectivity index (χ1v) is 8.38. The number of hydrogen-bond donors (Lipinski definition) is 4. The SMILES string of the molecule is COc1ccc(CC(CO)CNC(=O)c2cccc3oc(=O)[nH]c23)cc1O. The molecule has 0 fully saturated rings. The van der Waals surface area contributed by atoms with Gasteiger partial charge in [-0.2, -0.15) is 0 Å². The average Bonchev–Trinajstić information content (AvgIpc) is 3.05. The molecule has 0 spiro atoms. The van der Waals surface area contributed by atoms with Crippen molar-refractivity contribution >= 4 is 17.0 Å². The number of aliphatic hydroxyl groups is 1. The second kappa shape index (κ2) is 7.96. The fourth-order valence-electron chi connectivity index (χ4n) is 2.89. The zero-order chi connectivity index (χ0) is 19.4. The Kier molecular flexibility index (Phi) is 5.46. The van der Waals surface area contributed by atoms with Crippen molar-refractivity contribution in [3.05, 3.63) is 58.1 Å². The molecule has 142 valence electrons. The summed E-state index contributed by atoms with van der Waals surface area (Å²) in [6.07, 6.45) is 0.459. The summed E-state index contributed by atoms with van der Waals surface area (Å²) in [5.74, 6) is -0.864. The molecule has 0 aliphatic heterocycles. The Morgan fingerprint density at radius 2 is 2.15 bits per heavy atom. The highest BCUT2D eigenvalue weighted by Gasteiger charge is 2.16. The zero-order valence-corrected chi connectivity index (χ0v) is 14.7. The van der Waals surface area contributed by atoms with E-state index in [1.54, 1.807) is 36.4 Å². The number of aromatic hydroxyl groups is 1. The number of para-hydroxylation sites is 1. The van der Waals surface area contributed by atoms with Crippen LogP contribution in [0.1, 0.15) is 15.9 Å². The normalized spacial score (nSPS) is 12.1. The molecule has 2 aromatic carbocycles. The van der Waals surface area contributed by atoms with Crippen LogP contribution in [0.25, 0.3) is 11.1 Å². The molecule has 8 nitrogen and oxygen atoms in total. The predicted octanol–water partition coefficient (Wildman–Crippen LogP) is 1.42. The van der Waals surface area contributed by atoms with E-state index in [-0.39, 0.29) is 36.3 Å². The van der Waals surface area contributed by atoms with Gasteiger partial charge in [0, 0.05) is 19.1 Å². The number of phenolic OH excluding ortho intramolecular Hbond substituents is 1. The molecule has 0 aliphatic rings. The van der Waals surface area contributed by atoms with Gasteiger partial charge in [-0.05, 0) is 36.2 Å². The highest BCUT2D eigenvalue weighted by Crippen LogP contribution is 2.27. The van der Waals surface area contributed by atoms with E-state index in [1.807, 2.05) is 0 Å². The van der Waals surface area contributed by atoms with Crippen molar-refractivity contribution < 1.29 is 24.2 Å². The number of aliphatic hydroxyl groups excluding tert-OH is 1. The summed E-state index contributed by atoms with van der Waals surface area (Å²) in [6, 6.07) is 9.81. The van der Waals surface area contributed by atoms with Crippen LogP contribution < -0.4 is 15.8 Å². The largest absolute Gasteiger partial charge is 0.504 e. The van der Waals surface area contributed by atoms with Crippen LogP contribution in [-0.4, -0.2) is 41.4 Å². The summed E-state index contributed by atoms with van der Waals surface area (Å²) in [7, 11) is 1.47. The van der Waals surface area contributed by atoms with Crippen molar-refractivity contribution in [3.63, 3.8) is 0 Å². The number of aromatic amines is 1. The number of aromatic nitrogens is 1. The van der Waals surface area contributed by atoms with Gasteiger partial charge in [0.2, 0.25) is 0 Å². The van der Waals surface area contributed by atoms with E-state index in [0.29, 0.717) is 23.3 Å². The van der Waals surface area contributed by atoms with Gasteiger partial charge >= 0.3 is 5.76 Å². The predicted molar refractivity (Wildman–Crippen MR) is 98.1 cm³/mol. The van der Waals surface area contributed by atoms with Crippen molar-refractivity contribution in [2.45, 2.75) is 6.42 Å². The van der Waals surface area contributed by atoms with Crippen LogP contribution in [0.4, 0.5) is 0 Å². The summed E-state index contributed by atoms with van der Waals surface area (Å²) >= 11 is 0. The number of hydrogen-bond acceptors (Lipinski definition) is 6. The molecule has 1 unspecified atom stereocenters. The summed E-state index contributed by atoms with van der Waals surface area (Å²) in [4.78, 5) is 26.3. The molecule has 1 atom stereocenters. The van der Waals surface area contributed by atoms with Crippen LogP contribution in [-0.2, 0) is 6.42 Å². The second-order valence-corrected chi connectivity index (χ2v) is 6.16. The average molecular weight is 372 g/mol. The van der Waals surface area contributed by atoms with Crippen molar-refractivity contribution in [2.75, 3.05) is 20.3 Å². The van der Waals surface area contributed by atoms with Crippen LogP contribution in [0.3, 0.4) is 0 Å². The van der Waals surface area contributed by atoms with E-state index < -0.39 is 5.76 Å². The molecular weight excluding hydrogens is 352 g/mol. The standard InChI is InChI=1S/C19H20N2O6/c1-26-15-6-5-11(8-14(15)23)7-12(10-22)9-20-18(24)13-3-2-4-16-17(13)21-19(25)27-16/h2-6,8,12,22-23H,7,9-10H2,1H3,(H,20,24)(H,21,25). The van der Waals surface area contributed by atoms with Gasteiger partial charge in [-0.15, -0.1) is 0 Å². The van der Waals surface area contributed by atoms with Gasteiger partial charge in [0.05, 0.1) is 18.2 Å². The number of H-pyrrole nitrogens is 1. The Morgan fingerprint density at radius 1 is 1.33 bits per heavy atom. The molecule has 27 heavy (non-hydrogen) atoms. The Morgan fingerprint density at radius 3 is 2.85 bits per heavy atom. The maximum absolute atomic E-state index is 12.5. The first-order valence-electron chi connectivity index (χ1n) is 8.38. The van der Waals surface area contributed by atoms with Crippen LogP contribution in [0.5, 0.6) is 11.5 Å². The number of phenols is 1. The third kappa shape index (κ3) is 4.12. The molecule has 0 bridgehead atoms. The minimum Gasteiger partial charge on any atom is -0.504 e. The maximum Gasteiger partial charge on any atom is 0.417 e. The van der Waals surface area contributed by atoms with E-state index in [9.17, 15) is 19.8 Å². The van der Waals surface area contributed by atoms with Gasteiger partial charge in [-0.3, -0.25) is 9.78 Å². The number of rotatable bonds is 7. The smallest absolute Gasteiger partial charge is 0.417 e. The molecule has 0 aliphatic carbocycles. The molecule has 1 amide bonds. The molecule has 3 aromatic rings. The third-order valence-corrected chi connectivity index (χ3v) is 4.28. The fourth-order valence-corrected chi connectivity index (χ4v) is 2.89. The fraction of sp³-hybridized carbons (Fsp3) is 0.263. The Balaban J connectivity index is 1.67. The van der Waals surface area contributed by atoms with E-state index in [1.165, 1.54) is 7.11 Å². The molecule has 4 N–H and O–H groups in total. The Bertz CT molecular complexity index is 1010. The molecule has 0 saturated heterocycles. The summed E-state index contributed by atoms with van der Waals surface area (Å²) in [5, 5.41) is 22.2. The number of methoxy groups -OCH3 is 1. The lowest BCUT2D eigenvalue weighted by Crippen LogP contribution is -2.32. The lowest BCUT2D eigenvalue weighted by atomic mass is 9.99. The van der Waals surface area contributed by atoms with E-state index in [0.717, 1.165) is 5.56 Å². The molecule has 1 heterocycles. The van der Waals surface area contributed by atoms with Gasteiger partial charge in [-0.1, -0.05) is 12.1 Å². The minimum absolute atomic E-state index is 0.0197. The van der Waals surface area contributed by atoms with E-state index in [4.69, 9.17) is 9.15 Å². The van der Waals surface area contributed by atoms with Crippen LogP contribution in [0, 0.1) is 5.92 Å². The van der Waals surface area contributed by atoms with Gasteiger partial charge in [0.25, 0.3) is 5.91 Å². The maximum atomic E-state index is 12.5. The highest BCUT2D eigenvalue weighted by atomic mass is 16.5. The topological polar surface area (TPSA) is 125 Å². The van der Waals surface area contributed by atoms with Gasteiger partial charge in [0.15, 0.2) is 17.1 Å². The number of nitrogens with one attached hydrogen (secondary N) is 2. The van der Waals surface area contributed by atoms with Crippen molar-refractivity contribution in [3.8, 4) is 11.5 Å². The third-order valence-electron chi connectivity index (χ3n) is 4.28. The Hall–Kier alpha value is -3.26. The molecule has 1 aromatic heterocycles. The number of amides is 1. The first kappa shape index (κ1) is 18.5. The number of carbonyl (C=O) groups is 1. The quantitative estimate of drug-likeness (QED) is 0.497. The van der Waals surface area contributed by atoms with Crippen molar-refractivity contribution in [2.24, 2.45) is 5.92 Å².